The molecule has 0 saturated carbocycles. The number of rotatable bonds is 4. The number of aryl methyl sites for hydroxylation is 1. The highest BCUT2D eigenvalue weighted by Gasteiger charge is 2.15. The van der Waals surface area contributed by atoms with Crippen LogP contribution in [0.4, 0.5) is 5.82 Å². The van der Waals surface area contributed by atoms with Gasteiger partial charge in [0.15, 0.2) is 6.61 Å². The molecule has 2 aromatic heterocycles. The molecule has 0 aliphatic heterocycles. The predicted octanol–water partition coefficient (Wildman–Crippen LogP) is 1.83. The van der Waals surface area contributed by atoms with E-state index in [4.69, 9.17) is 20.9 Å². The second-order valence-corrected chi connectivity index (χ2v) is 4.25. The second-order valence-electron chi connectivity index (χ2n) is 3.82. The summed E-state index contributed by atoms with van der Waals surface area (Å²) in [6, 6.07) is 4.52. The number of nitrogens with zero attached hydrogens (tertiary/aromatic N) is 2. The fraction of sp³-hybridized carbons (Fsp3) is 0.167. The van der Waals surface area contributed by atoms with E-state index in [0.29, 0.717) is 16.5 Å². The molecular formula is C12H10ClN3O4. The number of anilines is 1. The van der Waals surface area contributed by atoms with Crippen molar-refractivity contribution in [1.82, 2.24) is 10.1 Å². The first kappa shape index (κ1) is 14.0. The Morgan fingerprint density at radius 1 is 1.45 bits per heavy atom. The van der Waals surface area contributed by atoms with Gasteiger partial charge in [0, 0.05) is 12.3 Å². The molecular weight excluding hydrogens is 286 g/mol. The van der Waals surface area contributed by atoms with Crippen LogP contribution in [-0.4, -0.2) is 28.6 Å². The van der Waals surface area contributed by atoms with Crippen LogP contribution in [0.25, 0.3) is 0 Å². The zero-order valence-corrected chi connectivity index (χ0v) is 11.2. The van der Waals surface area contributed by atoms with E-state index in [1.807, 2.05) is 0 Å². The largest absolute Gasteiger partial charge is 0.450 e. The summed E-state index contributed by atoms with van der Waals surface area (Å²) < 4.78 is 9.47. The van der Waals surface area contributed by atoms with Gasteiger partial charge in [-0.05, 0) is 19.1 Å². The molecule has 0 radical (unpaired) electrons. The van der Waals surface area contributed by atoms with E-state index in [2.05, 4.69) is 15.5 Å². The highest BCUT2D eigenvalue weighted by atomic mass is 35.5. The third-order valence-corrected chi connectivity index (χ3v) is 2.38. The SMILES string of the molecule is Cc1cc(C(=O)OCC(=O)Nc2ccc(Cl)cn2)on1. The number of halogens is 1. The molecule has 0 aliphatic carbocycles. The van der Waals surface area contributed by atoms with Gasteiger partial charge in [0.05, 0.1) is 10.7 Å². The Morgan fingerprint density at radius 3 is 2.85 bits per heavy atom. The highest BCUT2D eigenvalue weighted by Crippen LogP contribution is 2.09. The van der Waals surface area contributed by atoms with Gasteiger partial charge in [-0.1, -0.05) is 16.8 Å². The number of amides is 1. The number of carbonyl (C=O) groups excluding carboxylic acids is 2. The van der Waals surface area contributed by atoms with E-state index in [1.54, 1.807) is 13.0 Å². The first-order chi connectivity index (χ1) is 9.54. The van der Waals surface area contributed by atoms with Gasteiger partial charge in [-0.3, -0.25) is 4.79 Å². The Kier molecular flexibility index (Phi) is 4.31. The third-order valence-electron chi connectivity index (χ3n) is 2.16. The van der Waals surface area contributed by atoms with Gasteiger partial charge < -0.3 is 14.6 Å². The lowest BCUT2D eigenvalue weighted by Gasteiger charge is -2.04. The van der Waals surface area contributed by atoms with E-state index in [9.17, 15) is 9.59 Å². The second kappa shape index (κ2) is 6.16. The summed E-state index contributed by atoms with van der Waals surface area (Å²) in [6.45, 7) is 1.21. The average Bonchev–Trinajstić information content (AvgIpc) is 2.85. The van der Waals surface area contributed by atoms with Gasteiger partial charge in [-0.25, -0.2) is 9.78 Å². The molecule has 2 rings (SSSR count). The molecule has 0 aliphatic rings. The molecule has 0 aromatic carbocycles. The lowest BCUT2D eigenvalue weighted by Crippen LogP contribution is -2.21. The molecule has 0 unspecified atom stereocenters. The van der Waals surface area contributed by atoms with Gasteiger partial charge in [0.2, 0.25) is 5.76 Å². The van der Waals surface area contributed by atoms with Gasteiger partial charge in [0.25, 0.3) is 5.91 Å². The summed E-state index contributed by atoms with van der Waals surface area (Å²) in [6.07, 6.45) is 1.39. The number of ether oxygens (including phenoxy) is 1. The van der Waals surface area contributed by atoms with E-state index >= 15 is 0 Å². The summed E-state index contributed by atoms with van der Waals surface area (Å²) in [5.41, 5.74) is 0.548. The topological polar surface area (TPSA) is 94.3 Å². The van der Waals surface area contributed by atoms with Crippen LogP contribution in [0.2, 0.25) is 5.02 Å². The van der Waals surface area contributed by atoms with Crippen LogP contribution in [0.15, 0.2) is 28.9 Å². The van der Waals surface area contributed by atoms with Crippen LogP contribution in [-0.2, 0) is 9.53 Å². The Morgan fingerprint density at radius 2 is 2.25 bits per heavy atom. The van der Waals surface area contributed by atoms with Gasteiger partial charge >= 0.3 is 5.97 Å². The van der Waals surface area contributed by atoms with Crippen LogP contribution in [0.3, 0.4) is 0 Å². The molecule has 20 heavy (non-hydrogen) atoms. The molecule has 2 aromatic rings. The van der Waals surface area contributed by atoms with Crippen molar-refractivity contribution >= 4 is 29.3 Å². The van der Waals surface area contributed by atoms with Crippen LogP contribution in [0, 0.1) is 6.92 Å². The standard InChI is InChI=1S/C12H10ClN3O4/c1-7-4-9(20-16-7)12(18)19-6-11(17)15-10-3-2-8(13)5-14-10/h2-5H,6H2,1H3,(H,14,15,17). The maximum absolute atomic E-state index is 11.5. The molecule has 0 bridgehead atoms. The van der Waals surface area contributed by atoms with Gasteiger partial charge in [-0.15, -0.1) is 0 Å². The first-order valence-corrected chi connectivity index (χ1v) is 5.94. The van der Waals surface area contributed by atoms with Crippen LogP contribution < -0.4 is 5.32 Å². The smallest absolute Gasteiger partial charge is 0.377 e. The van der Waals surface area contributed by atoms with Crippen molar-refractivity contribution in [3.8, 4) is 0 Å². The summed E-state index contributed by atoms with van der Waals surface area (Å²) in [4.78, 5) is 26.9. The van der Waals surface area contributed by atoms with E-state index in [1.165, 1.54) is 18.3 Å². The van der Waals surface area contributed by atoms with Crippen molar-refractivity contribution in [2.75, 3.05) is 11.9 Å². The molecule has 8 heteroatoms. The third kappa shape index (κ3) is 3.79. The molecule has 0 atom stereocenters. The Labute approximate surface area is 118 Å². The highest BCUT2D eigenvalue weighted by molar-refractivity contribution is 6.30. The van der Waals surface area contributed by atoms with Crippen LogP contribution in [0.5, 0.6) is 0 Å². The van der Waals surface area contributed by atoms with Crippen molar-refractivity contribution < 1.29 is 18.8 Å². The van der Waals surface area contributed by atoms with Crippen molar-refractivity contribution in [3.05, 3.63) is 40.9 Å². The minimum absolute atomic E-state index is 0.0556. The molecule has 104 valence electrons. The summed E-state index contributed by atoms with van der Waals surface area (Å²) in [7, 11) is 0. The first-order valence-electron chi connectivity index (χ1n) is 5.56. The number of esters is 1. The van der Waals surface area contributed by atoms with Crippen LogP contribution in [0.1, 0.15) is 16.2 Å². The predicted molar refractivity (Wildman–Crippen MR) is 69.4 cm³/mol. The van der Waals surface area contributed by atoms with Gasteiger partial charge in [-0.2, -0.15) is 0 Å². The minimum Gasteiger partial charge on any atom is -0.450 e. The van der Waals surface area contributed by atoms with Crippen molar-refractivity contribution in [1.29, 1.82) is 0 Å². The van der Waals surface area contributed by atoms with E-state index < -0.39 is 18.5 Å². The fourth-order valence-electron chi connectivity index (χ4n) is 1.29. The maximum Gasteiger partial charge on any atom is 0.377 e. The number of hydrogen-bond acceptors (Lipinski definition) is 6. The fourth-order valence-corrected chi connectivity index (χ4v) is 1.40. The number of carbonyl (C=O) groups is 2. The normalized spacial score (nSPS) is 10.1. The molecule has 7 nitrogen and oxygen atoms in total. The molecule has 2 heterocycles. The summed E-state index contributed by atoms with van der Waals surface area (Å²) >= 11 is 5.66. The van der Waals surface area contributed by atoms with Crippen molar-refractivity contribution in [2.45, 2.75) is 6.92 Å². The molecule has 0 saturated heterocycles. The zero-order valence-electron chi connectivity index (χ0n) is 10.4. The minimum atomic E-state index is -0.759. The van der Waals surface area contributed by atoms with Crippen molar-refractivity contribution in [3.63, 3.8) is 0 Å². The Hall–Kier alpha value is -2.41. The molecule has 0 fully saturated rings. The lowest BCUT2D eigenvalue weighted by molar-refractivity contribution is -0.119. The number of pyridine rings is 1. The summed E-state index contributed by atoms with van der Waals surface area (Å²) in [5, 5.41) is 6.44. The average molecular weight is 296 g/mol. The number of nitrogens with one attached hydrogen (secondary N) is 1. The summed E-state index contributed by atoms with van der Waals surface area (Å²) in [5.74, 6) is -1.03. The monoisotopic (exact) mass is 295 g/mol. The number of hydrogen-bond donors (Lipinski definition) is 1. The van der Waals surface area contributed by atoms with Crippen molar-refractivity contribution in [2.24, 2.45) is 0 Å². The van der Waals surface area contributed by atoms with E-state index in [-0.39, 0.29) is 5.76 Å². The lowest BCUT2D eigenvalue weighted by atomic mass is 10.4. The number of aromatic nitrogens is 2. The Balaban J connectivity index is 1.83. The molecule has 0 spiro atoms. The maximum atomic E-state index is 11.5. The van der Waals surface area contributed by atoms with Gasteiger partial charge in [0.1, 0.15) is 5.82 Å². The quantitative estimate of drug-likeness (QED) is 0.865. The zero-order chi connectivity index (χ0) is 14.5. The van der Waals surface area contributed by atoms with E-state index in [0.717, 1.165) is 0 Å². The molecule has 1 amide bonds. The molecule has 1 N–H and O–H groups in total. The van der Waals surface area contributed by atoms with Crippen LogP contribution >= 0.6 is 11.6 Å². The Bertz CT molecular complexity index is 624.